The van der Waals surface area contributed by atoms with E-state index in [4.69, 9.17) is 0 Å². The van der Waals surface area contributed by atoms with Gasteiger partial charge >= 0.3 is 0 Å². The molecule has 0 spiro atoms. The summed E-state index contributed by atoms with van der Waals surface area (Å²) < 4.78 is 27.5. The molecule has 2 atom stereocenters. The maximum absolute atomic E-state index is 13.0. The summed E-state index contributed by atoms with van der Waals surface area (Å²) in [6.07, 6.45) is 1.80. The molecule has 0 aromatic heterocycles. The second-order valence-corrected chi connectivity index (χ2v) is 10.5. The summed E-state index contributed by atoms with van der Waals surface area (Å²) in [5, 5.41) is 5.38. The van der Waals surface area contributed by atoms with Crippen LogP contribution in [-0.2, 0) is 21.2 Å². The highest BCUT2D eigenvalue weighted by molar-refractivity contribution is 7.89. The summed E-state index contributed by atoms with van der Waals surface area (Å²) in [5.74, 6) is -0.136. The molecule has 3 rings (SSSR count). The Bertz CT molecular complexity index is 1060. The van der Waals surface area contributed by atoms with Crippen LogP contribution in [0.4, 0.5) is 5.69 Å². The molecule has 8 heteroatoms. The van der Waals surface area contributed by atoms with Crippen LogP contribution >= 0.6 is 0 Å². The lowest BCUT2D eigenvalue weighted by Gasteiger charge is -2.34. The Morgan fingerprint density at radius 3 is 2.25 bits per heavy atom. The van der Waals surface area contributed by atoms with Crippen LogP contribution in [0.25, 0.3) is 0 Å². The fourth-order valence-corrected chi connectivity index (χ4v) is 5.82. The second kappa shape index (κ2) is 10.3. The molecule has 1 fully saturated rings. The molecule has 32 heavy (non-hydrogen) atoms. The first-order valence-corrected chi connectivity index (χ1v) is 12.4. The zero-order chi connectivity index (χ0) is 23.3. The van der Waals surface area contributed by atoms with E-state index < -0.39 is 15.9 Å². The number of piperidine rings is 1. The van der Waals surface area contributed by atoms with Crippen LogP contribution in [0.15, 0.2) is 53.4 Å². The summed E-state index contributed by atoms with van der Waals surface area (Å²) >= 11 is 0. The van der Waals surface area contributed by atoms with E-state index in [9.17, 15) is 18.0 Å². The first-order chi connectivity index (χ1) is 15.2. The number of hydrogen-bond acceptors (Lipinski definition) is 4. The highest BCUT2D eigenvalue weighted by Crippen LogP contribution is 2.26. The molecule has 1 aliphatic rings. The van der Waals surface area contributed by atoms with E-state index in [-0.39, 0.29) is 17.3 Å². The van der Waals surface area contributed by atoms with Gasteiger partial charge in [-0.05, 0) is 60.6 Å². The van der Waals surface area contributed by atoms with Crippen LogP contribution in [0, 0.1) is 11.8 Å². The lowest BCUT2D eigenvalue weighted by Crippen LogP contribution is -2.42. The van der Waals surface area contributed by atoms with Gasteiger partial charge in [0.25, 0.3) is 5.91 Å². The van der Waals surface area contributed by atoms with Crippen LogP contribution in [0.3, 0.4) is 0 Å². The lowest BCUT2D eigenvalue weighted by atomic mass is 9.94. The molecule has 0 radical (unpaired) electrons. The Balaban J connectivity index is 1.59. The highest BCUT2D eigenvalue weighted by Gasteiger charge is 2.31. The molecule has 2 amide bonds. The quantitative estimate of drug-likeness (QED) is 0.667. The summed E-state index contributed by atoms with van der Waals surface area (Å²) in [4.78, 5) is 24.8. The molecule has 1 aliphatic heterocycles. The van der Waals surface area contributed by atoms with E-state index in [1.54, 1.807) is 0 Å². The summed E-state index contributed by atoms with van der Waals surface area (Å²) in [5.41, 5.74) is 2.04. The third-order valence-electron chi connectivity index (χ3n) is 5.67. The Morgan fingerprint density at radius 1 is 1.00 bits per heavy atom. The van der Waals surface area contributed by atoms with Crippen molar-refractivity contribution < 1.29 is 18.0 Å². The molecular formula is C24H31N3O4S. The SMILES string of the molecule is CCc1ccccc1NC(=O)CNC(=O)c1ccc(S(=O)(=O)N2C[C@H](C)C[C@H](C)C2)cc1. The minimum atomic E-state index is -3.60. The summed E-state index contributed by atoms with van der Waals surface area (Å²) in [7, 11) is -3.60. The van der Waals surface area contributed by atoms with Crippen molar-refractivity contribution in [2.24, 2.45) is 11.8 Å². The van der Waals surface area contributed by atoms with Gasteiger partial charge in [0.15, 0.2) is 0 Å². The van der Waals surface area contributed by atoms with Crippen molar-refractivity contribution in [3.63, 3.8) is 0 Å². The van der Waals surface area contributed by atoms with Crippen LogP contribution in [0.1, 0.15) is 43.1 Å². The standard InChI is InChI=1S/C24H31N3O4S/c1-4-19-7-5-6-8-22(19)26-23(28)14-25-24(29)20-9-11-21(12-10-20)32(30,31)27-15-17(2)13-18(3)16-27/h5-12,17-18H,4,13-16H2,1-3H3,(H,25,29)(H,26,28)/t17-,18+. The van der Waals surface area contributed by atoms with Gasteiger partial charge in [-0.25, -0.2) is 8.42 Å². The normalized spacial score (nSPS) is 19.3. The van der Waals surface area contributed by atoms with Gasteiger partial charge in [0, 0.05) is 24.3 Å². The maximum atomic E-state index is 13.0. The Labute approximate surface area is 190 Å². The zero-order valence-corrected chi connectivity index (χ0v) is 19.6. The van der Waals surface area contributed by atoms with E-state index in [0.717, 1.165) is 24.1 Å². The van der Waals surface area contributed by atoms with E-state index in [0.29, 0.717) is 30.5 Å². The fraction of sp³-hybridized carbons (Fsp3) is 0.417. The number of benzene rings is 2. The van der Waals surface area contributed by atoms with Crippen LogP contribution in [-0.4, -0.2) is 44.2 Å². The van der Waals surface area contributed by atoms with E-state index in [1.807, 2.05) is 31.2 Å². The number of hydrogen-bond donors (Lipinski definition) is 2. The average Bonchev–Trinajstić information content (AvgIpc) is 2.77. The summed E-state index contributed by atoms with van der Waals surface area (Å²) in [6, 6.07) is 13.4. The number of anilines is 1. The molecular weight excluding hydrogens is 426 g/mol. The van der Waals surface area contributed by atoms with Gasteiger partial charge in [-0.2, -0.15) is 4.31 Å². The van der Waals surface area contributed by atoms with Gasteiger partial charge in [0.2, 0.25) is 15.9 Å². The minimum Gasteiger partial charge on any atom is -0.343 e. The smallest absolute Gasteiger partial charge is 0.251 e. The number of para-hydroxylation sites is 1. The predicted molar refractivity (Wildman–Crippen MR) is 125 cm³/mol. The molecule has 7 nitrogen and oxygen atoms in total. The molecule has 2 aromatic rings. The lowest BCUT2D eigenvalue weighted by molar-refractivity contribution is -0.115. The molecule has 172 valence electrons. The van der Waals surface area contributed by atoms with Crippen molar-refractivity contribution in [2.75, 3.05) is 25.0 Å². The van der Waals surface area contributed by atoms with E-state index >= 15 is 0 Å². The van der Waals surface area contributed by atoms with Gasteiger partial charge in [-0.15, -0.1) is 0 Å². The number of sulfonamides is 1. The minimum absolute atomic E-state index is 0.171. The van der Waals surface area contributed by atoms with Gasteiger partial charge in [0.05, 0.1) is 11.4 Å². The van der Waals surface area contributed by atoms with Crippen molar-refractivity contribution >= 4 is 27.5 Å². The van der Waals surface area contributed by atoms with E-state index in [1.165, 1.54) is 28.6 Å². The fourth-order valence-electron chi connectivity index (χ4n) is 4.14. The van der Waals surface area contributed by atoms with E-state index in [2.05, 4.69) is 24.5 Å². The number of aryl methyl sites for hydroxylation is 1. The zero-order valence-electron chi connectivity index (χ0n) is 18.8. The van der Waals surface area contributed by atoms with Crippen LogP contribution < -0.4 is 10.6 Å². The third-order valence-corrected chi connectivity index (χ3v) is 7.52. The molecule has 2 aromatic carbocycles. The number of carbonyl (C=O) groups is 2. The van der Waals surface area contributed by atoms with Gasteiger partial charge in [0.1, 0.15) is 0 Å². The molecule has 0 saturated carbocycles. The molecule has 1 saturated heterocycles. The van der Waals surface area contributed by atoms with Crippen molar-refractivity contribution in [2.45, 2.75) is 38.5 Å². The molecule has 2 N–H and O–H groups in total. The van der Waals surface area contributed by atoms with Gasteiger partial charge in [-0.3, -0.25) is 9.59 Å². The maximum Gasteiger partial charge on any atom is 0.251 e. The van der Waals surface area contributed by atoms with Crippen molar-refractivity contribution in [1.82, 2.24) is 9.62 Å². The first kappa shape index (κ1) is 23.9. The van der Waals surface area contributed by atoms with Crippen molar-refractivity contribution in [1.29, 1.82) is 0 Å². The molecule has 1 heterocycles. The number of amides is 2. The third kappa shape index (κ3) is 5.75. The summed E-state index contributed by atoms with van der Waals surface area (Å²) in [6.45, 7) is 6.95. The van der Waals surface area contributed by atoms with Gasteiger partial charge in [-0.1, -0.05) is 39.0 Å². The Hall–Kier alpha value is -2.71. The topological polar surface area (TPSA) is 95.6 Å². The first-order valence-electron chi connectivity index (χ1n) is 11.0. The van der Waals surface area contributed by atoms with Crippen molar-refractivity contribution in [3.8, 4) is 0 Å². The number of nitrogens with zero attached hydrogens (tertiary/aromatic N) is 1. The predicted octanol–water partition coefficient (Wildman–Crippen LogP) is 3.28. The van der Waals surface area contributed by atoms with Crippen LogP contribution in [0.5, 0.6) is 0 Å². The Morgan fingerprint density at radius 2 is 1.62 bits per heavy atom. The van der Waals surface area contributed by atoms with Crippen molar-refractivity contribution in [3.05, 3.63) is 59.7 Å². The Kier molecular flexibility index (Phi) is 7.69. The van der Waals surface area contributed by atoms with Gasteiger partial charge < -0.3 is 10.6 Å². The van der Waals surface area contributed by atoms with Crippen LogP contribution in [0.2, 0.25) is 0 Å². The molecule has 0 unspecified atom stereocenters. The average molecular weight is 458 g/mol. The largest absolute Gasteiger partial charge is 0.343 e. The number of nitrogens with one attached hydrogen (secondary N) is 2. The molecule has 0 aliphatic carbocycles. The number of rotatable bonds is 7. The number of carbonyl (C=O) groups excluding carboxylic acids is 2. The monoisotopic (exact) mass is 457 g/mol. The molecule has 0 bridgehead atoms. The second-order valence-electron chi connectivity index (χ2n) is 8.53. The highest BCUT2D eigenvalue weighted by atomic mass is 32.2.